The molecular weight excluding hydrogens is 150 g/mol. The number of hydrogen-bond acceptors (Lipinski definition) is 2. The summed E-state index contributed by atoms with van der Waals surface area (Å²) in [4.78, 5) is 4.19. The molecule has 0 radical (unpaired) electrons. The van der Waals surface area contributed by atoms with Gasteiger partial charge in [0.25, 0.3) is 0 Å². The van der Waals surface area contributed by atoms with Crippen LogP contribution in [0.1, 0.15) is 32.2 Å². The second-order valence-corrected chi connectivity index (χ2v) is 4.69. The van der Waals surface area contributed by atoms with Crippen LogP contribution in [0.4, 0.5) is 0 Å². The van der Waals surface area contributed by atoms with Crippen LogP contribution in [0, 0.1) is 11.3 Å². The maximum atomic E-state index is 5.29. The molecular formula is C10H15NO. The first-order chi connectivity index (χ1) is 5.57. The summed E-state index contributed by atoms with van der Waals surface area (Å²) < 4.78 is 5.29. The second kappa shape index (κ2) is 2.35. The van der Waals surface area contributed by atoms with E-state index < -0.39 is 0 Å². The van der Waals surface area contributed by atoms with Gasteiger partial charge in [-0.1, -0.05) is 20.8 Å². The van der Waals surface area contributed by atoms with Crippen molar-refractivity contribution in [2.75, 3.05) is 0 Å². The molecule has 2 nitrogen and oxygen atoms in total. The molecule has 2 rings (SSSR count). The normalized spacial score (nSPS) is 22.8. The van der Waals surface area contributed by atoms with E-state index in [0.29, 0.717) is 11.3 Å². The average molecular weight is 165 g/mol. The van der Waals surface area contributed by atoms with Crippen molar-refractivity contribution in [3.63, 3.8) is 0 Å². The van der Waals surface area contributed by atoms with Crippen LogP contribution < -0.4 is 0 Å². The molecule has 1 heterocycles. The van der Waals surface area contributed by atoms with Crippen LogP contribution in [0.3, 0.4) is 0 Å². The molecule has 0 saturated carbocycles. The Morgan fingerprint density at radius 2 is 2.17 bits per heavy atom. The van der Waals surface area contributed by atoms with Crippen LogP contribution in [-0.2, 0) is 12.8 Å². The number of aromatic nitrogens is 1. The molecule has 0 N–H and O–H groups in total. The summed E-state index contributed by atoms with van der Waals surface area (Å²) in [5.74, 6) is 1.81. The predicted molar refractivity (Wildman–Crippen MR) is 46.9 cm³/mol. The predicted octanol–water partition coefficient (Wildman–Crippen LogP) is 2.44. The summed E-state index contributed by atoms with van der Waals surface area (Å²) in [6.45, 7) is 6.84. The fraction of sp³-hybridized carbons (Fsp3) is 0.700. The first-order valence-corrected chi connectivity index (χ1v) is 4.48. The van der Waals surface area contributed by atoms with Crippen molar-refractivity contribution in [3.8, 4) is 0 Å². The van der Waals surface area contributed by atoms with E-state index in [1.165, 1.54) is 5.69 Å². The minimum absolute atomic E-state index is 0.378. The third-order valence-corrected chi connectivity index (χ3v) is 2.82. The Bertz CT molecular complexity index is 262. The van der Waals surface area contributed by atoms with Crippen molar-refractivity contribution >= 4 is 0 Å². The van der Waals surface area contributed by atoms with E-state index in [0.717, 1.165) is 18.6 Å². The summed E-state index contributed by atoms with van der Waals surface area (Å²) in [6, 6.07) is 0. The molecule has 66 valence electrons. The highest BCUT2D eigenvalue weighted by molar-refractivity contribution is 5.16. The maximum Gasteiger partial charge on any atom is 0.181 e. The zero-order valence-corrected chi connectivity index (χ0v) is 7.92. The highest BCUT2D eigenvalue weighted by atomic mass is 16.3. The lowest BCUT2D eigenvalue weighted by atomic mass is 9.79. The van der Waals surface area contributed by atoms with Gasteiger partial charge in [0, 0.05) is 6.42 Å². The zero-order chi connectivity index (χ0) is 8.77. The molecule has 0 aliphatic heterocycles. The topological polar surface area (TPSA) is 26.0 Å². The first-order valence-electron chi connectivity index (χ1n) is 4.48. The van der Waals surface area contributed by atoms with Gasteiger partial charge in [-0.05, 0) is 17.8 Å². The highest BCUT2D eigenvalue weighted by Gasteiger charge is 2.33. The maximum absolute atomic E-state index is 5.29. The molecule has 1 aliphatic rings. The van der Waals surface area contributed by atoms with E-state index in [-0.39, 0.29) is 0 Å². The molecule has 1 unspecified atom stereocenters. The number of rotatable bonds is 0. The lowest BCUT2D eigenvalue weighted by Crippen LogP contribution is -2.20. The zero-order valence-electron chi connectivity index (χ0n) is 7.92. The van der Waals surface area contributed by atoms with Crippen molar-refractivity contribution in [3.05, 3.63) is 17.8 Å². The molecule has 1 aliphatic carbocycles. The van der Waals surface area contributed by atoms with Crippen LogP contribution in [0.5, 0.6) is 0 Å². The third-order valence-electron chi connectivity index (χ3n) is 2.82. The SMILES string of the molecule is CC(C)(C)C1Cc2ncoc2C1. The molecule has 0 amide bonds. The van der Waals surface area contributed by atoms with Crippen molar-refractivity contribution in [2.24, 2.45) is 11.3 Å². The van der Waals surface area contributed by atoms with Gasteiger partial charge >= 0.3 is 0 Å². The number of hydrogen-bond donors (Lipinski definition) is 0. The Morgan fingerprint density at radius 3 is 2.75 bits per heavy atom. The molecule has 0 spiro atoms. The lowest BCUT2D eigenvalue weighted by molar-refractivity contribution is 0.242. The number of oxazole rings is 1. The van der Waals surface area contributed by atoms with Gasteiger partial charge in [-0.3, -0.25) is 0 Å². The average Bonchev–Trinajstić information content (AvgIpc) is 2.37. The number of nitrogens with zero attached hydrogens (tertiary/aromatic N) is 1. The number of fused-ring (bicyclic) bond motifs is 1. The van der Waals surface area contributed by atoms with Crippen LogP contribution in [-0.4, -0.2) is 4.98 Å². The molecule has 0 aromatic carbocycles. The quantitative estimate of drug-likeness (QED) is 0.590. The Balaban J connectivity index is 2.18. The van der Waals surface area contributed by atoms with Crippen molar-refractivity contribution in [1.29, 1.82) is 0 Å². The fourth-order valence-electron chi connectivity index (χ4n) is 1.77. The van der Waals surface area contributed by atoms with Crippen LogP contribution in [0.15, 0.2) is 10.8 Å². The van der Waals surface area contributed by atoms with Gasteiger partial charge in [-0.15, -0.1) is 0 Å². The summed E-state index contributed by atoms with van der Waals surface area (Å²) in [7, 11) is 0. The summed E-state index contributed by atoms with van der Waals surface area (Å²) >= 11 is 0. The van der Waals surface area contributed by atoms with E-state index in [2.05, 4.69) is 25.8 Å². The van der Waals surface area contributed by atoms with Crippen LogP contribution >= 0.6 is 0 Å². The van der Waals surface area contributed by atoms with Gasteiger partial charge in [0.15, 0.2) is 6.39 Å². The largest absolute Gasteiger partial charge is 0.448 e. The van der Waals surface area contributed by atoms with Crippen LogP contribution in [0.25, 0.3) is 0 Å². The first kappa shape index (κ1) is 7.84. The van der Waals surface area contributed by atoms with Gasteiger partial charge in [-0.2, -0.15) is 0 Å². The van der Waals surface area contributed by atoms with Gasteiger partial charge in [-0.25, -0.2) is 4.98 Å². The van der Waals surface area contributed by atoms with E-state index >= 15 is 0 Å². The van der Waals surface area contributed by atoms with Gasteiger partial charge in [0.2, 0.25) is 0 Å². The standard InChI is InChI=1S/C10H15NO/c1-10(2,3)7-4-8-9(5-7)12-6-11-8/h6-7H,4-5H2,1-3H3. The summed E-state index contributed by atoms with van der Waals surface area (Å²) in [6.07, 6.45) is 3.72. The second-order valence-electron chi connectivity index (χ2n) is 4.69. The summed E-state index contributed by atoms with van der Waals surface area (Å²) in [5, 5.41) is 0. The Hall–Kier alpha value is -0.790. The van der Waals surface area contributed by atoms with E-state index in [4.69, 9.17) is 4.42 Å². The highest BCUT2D eigenvalue weighted by Crippen LogP contribution is 2.37. The Labute approximate surface area is 73.0 Å². The fourth-order valence-corrected chi connectivity index (χ4v) is 1.77. The van der Waals surface area contributed by atoms with E-state index in [9.17, 15) is 0 Å². The molecule has 12 heavy (non-hydrogen) atoms. The van der Waals surface area contributed by atoms with Crippen molar-refractivity contribution in [2.45, 2.75) is 33.6 Å². The molecule has 0 fully saturated rings. The smallest absolute Gasteiger partial charge is 0.181 e. The molecule has 2 heteroatoms. The molecule has 1 atom stereocenters. The monoisotopic (exact) mass is 165 g/mol. The lowest BCUT2D eigenvalue weighted by Gasteiger charge is -2.25. The van der Waals surface area contributed by atoms with Gasteiger partial charge in [0.1, 0.15) is 5.76 Å². The van der Waals surface area contributed by atoms with E-state index in [1.54, 1.807) is 6.39 Å². The minimum Gasteiger partial charge on any atom is -0.448 e. The van der Waals surface area contributed by atoms with E-state index in [1.807, 2.05) is 0 Å². The molecule has 0 saturated heterocycles. The Kier molecular flexibility index (Phi) is 1.53. The molecule has 1 aromatic rings. The minimum atomic E-state index is 0.378. The Morgan fingerprint density at radius 1 is 1.42 bits per heavy atom. The summed E-state index contributed by atoms with van der Waals surface area (Å²) in [5.41, 5.74) is 1.55. The molecule has 0 bridgehead atoms. The van der Waals surface area contributed by atoms with Crippen LogP contribution in [0.2, 0.25) is 0 Å². The van der Waals surface area contributed by atoms with Gasteiger partial charge < -0.3 is 4.42 Å². The third kappa shape index (κ3) is 1.15. The molecule has 1 aromatic heterocycles. The van der Waals surface area contributed by atoms with Crippen molar-refractivity contribution < 1.29 is 4.42 Å². The van der Waals surface area contributed by atoms with Crippen molar-refractivity contribution in [1.82, 2.24) is 4.98 Å². The van der Waals surface area contributed by atoms with Gasteiger partial charge in [0.05, 0.1) is 5.69 Å².